The minimum atomic E-state index is 0.514. The summed E-state index contributed by atoms with van der Waals surface area (Å²) in [5, 5.41) is 20.3. The topological polar surface area (TPSA) is 72.3 Å². The van der Waals surface area contributed by atoms with Crippen molar-refractivity contribution >= 4 is 23.3 Å². The summed E-state index contributed by atoms with van der Waals surface area (Å²) in [5.41, 5.74) is 5.83. The van der Waals surface area contributed by atoms with Gasteiger partial charge in [0.1, 0.15) is 11.5 Å². The fraction of sp³-hybridized carbons (Fsp3) is 0.0769. The molecule has 0 radical (unpaired) electrons. The molecule has 0 atom stereocenters. The van der Waals surface area contributed by atoms with Crippen molar-refractivity contribution < 1.29 is 4.52 Å². The number of rotatable bonds is 4. The van der Waals surface area contributed by atoms with E-state index < -0.39 is 0 Å². The molecule has 3 aromatic carbocycles. The first kappa shape index (κ1) is 20.4. The van der Waals surface area contributed by atoms with Crippen LogP contribution < -0.4 is 5.01 Å². The number of fused-ring (bicyclic) bond motifs is 3. The number of para-hydroxylation sites is 1. The Balaban J connectivity index is 1.46. The van der Waals surface area contributed by atoms with Crippen LogP contribution in [0.1, 0.15) is 22.5 Å². The molecule has 5 aromatic rings. The molecule has 1 aliphatic rings. The molecular formula is C26H19ClN6O. The van der Waals surface area contributed by atoms with E-state index >= 15 is 0 Å². The number of hydrogen-bond donors (Lipinski definition) is 0. The summed E-state index contributed by atoms with van der Waals surface area (Å²) in [6, 6.07) is 25.9. The summed E-state index contributed by atoms with van der Waals surface area (Å²) in [6.07, 6.45) is 1.64. The maximum Gasteiger partial charge on any atom is 0.252 e. The molecular weight excluding hydrogens is 448 g/mol. The van der Waals surface area contributed by atoms with Crippen LogP contribution in [-0.2, 0) is 6.54 Å². The van der Waals surface area contributed by atoms with E-state index in [0.717, 1.165) is 45.2 Å². The number of halogens is 1. The van der Waals surface area contributed by atoms with Gasteiger partial charge in [-0.25, -0.2) is 5.01 Å². The molecule has 0 spiro atoms. The van der Waals surface area contributed by atoms with E-state index in [1.54, 1.807) is 6.20 Å². The van der Waals surface area contributed by atoms with Gasteiger partial charge in [0.15, 0.2) is 5.76 Å². The average molecular weight is 467 g/mol. The number of aromatic nitrogens is 4. The predicted molar refractivity (Wildman–Crippen MR) is 131 cm³/mol. The molecule has 0 bridgehead atoms. The Hall–Kier alpha value is -4.23. The molecule has 2 aromatic heterocycles. The van der Waals surface area contributed by atoms with Crippen molar-refractivity contribution in [1.29, 1.82) is 0 Å². The van der Waals surface area contributed by atoms with Crippen LogP contribution in [0.15, 0.2) is 94.7 Å². The summed E-state index contributed by atoms with van der Waals surface area (Å²) >= 11 is 6.16. The Labute approximate surface area is 200 Å². The maximum atomic E-state index is 6.16. The summed E-state index contributed by atoms with van der Waals surface area (Å²) in [6.45, 7) is 2.46. The fourth-order valence-electron chi connectivity index (χ4n) is 4.13. The van der Waals surface area contributed by atoms with Crippen LogP contribution in [0.3, 0.4) is 0 Å². The van der Waals surface area contributed by atoms with E-state index in [9.17, 15) is 0 Å². The highest BCUT2D eigenvalue weighted by atomic mass is 35.5. The van der Waals surface area contributed by atoms with Gasteiger partial charge in [0.25, 0.3) is 5.95 Å². The van der Waals surface area contributed by atoms with Gasteiger partial charge in [0.05, 0.1) is 18.4 Å². The standard InChI is InChI=1S/C26H19ClN6O/c1-17-29-30-26-32(16-18-6-8-19(9-7-18)24-14-15-28-34-24)31-25(20-10-12-21(27)13-11-20)22-4-2-3-5-23(22)33(17)26/h2-15H,16H2,1H3. The number of nitrogens with zero attached hydrogens (tertiary/aromatic N) is 6. The van der Waals surface area contributed by atoms with Gasteiger partial charge in [-0.05, 0) is 30.7 Å². The van der Waals surface area contributed by atoms with Crippen LogP contribution in [0, 0.1) is 6.92 Å². The number of aryl methyl sites for hydroxylation is 1. The number of anilines is 1. The second-order valence-electron chi connectivity index (χ2n) is 7.99. The largest absolute Gasteiger partial charge is 0.356 e. The maximum absolute atomic E-state index is 6.16. The van der Waals surface area contributed by atoms with Gasteiger partial charge in [0.2, 0.25) is 0 Å². The molecule has 34 heavy (non-hydrogen) atoms. The summed E-state index contributed by atoms with van der Waals surface area (Å²) in [7, 11) is 0. The van der Waals surface area contributed by atoms with Crippen LogP contribution in [0.2, 0.25) is 5.02 Å². The van der Waals surface area contributed by atoms with E-state index in [2.05, 4.69) is 39.6 Å². The average Bonchev–Trinajstić information content (AvgIpc) is 3.51. The molecule has 0 saturated carbocycles. The Kier molecular flexibility index (Phi) is 4.96. The zero-order chi connectivity index (χ0) is 23.1. The van der Waals surface area contributed by atoms with Gasteiger partial charge in [-0.15, -0.1) is 10.2 Å². The summed E-state index contributed by atoms with van der Waals surface area (Å²) in [5.74, 6) is 2.18. The second kappa shape index (κ2) is 8.28. The van der Waals surface area contributed by atoms with Crippen LogP contribution in [-0.4, -0.2) is 25.6 Å². The van der Waals surface area contributed by atoms with Crippen molar-refractivity contribution in [2.45, 2.75) is 13.5 Å². The first-order valence-corrected chi connectivity index (χ1v) is 11.2. The van der Waals surface area contributed by atoms with Crippen molar-refractivity contribution in [2.75, 3.05) is 5.01 Å². The van der Waals surface area contributed by atoms with Crippen molar-refractivity contribution in [2.24, 2.45) is 5.10 Å². The normalized spacial score (nSPS) is 12.6. The fourth-order valence-corrected chi connectivity index (χ4v) is 4.25. The Morgan fingerprint density at radius 3 is 2.38 bits per heavy atom. The molecule has 3 heterocycles. The third kappa shape index (κ3) is 3.56. The lowest BCUT2D eigenvalue weighted by atomic mass is 10.0. The number of hydrogen-bond acceptors (Lipinski definition) is 6. The second-order valence-corrected chi connectivity index (χ2v) is 8.42. The van der Waals surface area contributed by atoms with Gasteiger partial charge in [-0.2, -0.15) is 5.10 Å². The van der Waals surface area contributed by atoms with Crippen LogP contribution >= 0.6 is 11.6 Å². The summed E-state index contributed by atoms with van der Waals surface area (Å²) in [4.78, 5) is 0. The van der Waals surface area contributed by atoms with Gasteiger partial charge in [0, 0.05) is 27.8 Å². The molecule has 0 saturated heterocycles. The van der Waals surface area contributed by atoms with Crippen molar-refractivity contribution in [3.63, 3.8) is 0 Å². The van der Waals surface area contributed by atoms with Crippen molar-refractivity contribution in [3.8, 4) is 17.0 Å². The molecule has 8 heteroatoms. The molecule has 7 nitrogen and oxygen atoms in total. The monoisotopic (exact) mass is 466 g/mol. The first-order chi connectivity index (χ1) is 16.7. The summed E-state index contributed by atoms with van der Waals surface area (Å²) < 4.78 is 7.32. The van der Waals surface area contributed by atoms with Gasteiger partial charge >= 0.3 is 0 Å². The van der Waals surface area contributed by atoms with E-state index in [1.165, 1.54) is 0 Å². The van der Waals surface area contributed by atoms with Crippen molar-refractivity contribution in [1.82, 2.24) is 19.9 Å². The molecule has 0 N–H and O–H groups in total. The molecule has 0 unspecified atom stereocenters. The lowest BCUT2D eigenvalue weighted by Crippen LogP contribution is -2.20. The Morgan fingerprint density at radius 2 is 1.62 bits per heavy atom. The number of benzene rings is 3. The van der Waals surface area contributed by atoms with E-state index in [-0.39, 0.29) is 0 Å². The van der Waals surface area contributed by atoms with Gasteiger partial charge < -0.3 is 4.52 Å². The minimum absolute atomic E-state index is 0.514. The quantitative estimate of drug-likeness (QED) is 0.342. The first-order valence-electron chi connectivity index (χ1n) is 10.8. The molecule has 0 fully saturated rings. The van der Waals surface area contributed by atoms with Gasteiger partial charge in [-0.1, -0.05) is 71.4 Å². The smallest absolute Gasteiger partial charge is 0.252 e. The number of hydrazone groups is 1. The van der Waals surface area contributed by atoms with E-state index in [1.807, 2.05) is 71.1 Å². The van der Waals surface area contributed by atoms with Crippen LogP contribution in [0.25, 0.3) is 17.0 Å². The molecule has 0 amide bonds. The van der Waals surface area contributed by atoms with Gasteiger partial charge in [-0.3, -0.25) is 4.57 Å². The molecule has 1 aliphatic heterocycles. The Bertz CT molecular complexity index is 1490. The molecule has 6 rings (SSSR count). The lowest BCUT2D eigenvalue weighted by Gasteiger charge is -2.18. The Morgan fingerprint density at radius 1 is 0.853 bits per heavy atom. The highest BCUT2D eigenvalue weighted by Gasteiger charge is 2.26. The van der Waals surface area contributed by atoms with Crippen LogP contribution in [0.4, 0.5) is 5.95 Å². The predicted octanol–water partition coefficient (Wildman–Crippen LogP) is 5.66. The van der Waals surface area contributed by atoms with E-state index in [0.29, 0.717) is 17.5 Å². The highest BCUT2D eigenvalue weighted by Crippen LogP contribution is 2.31. The van der Waals surface area contributed by atoms with E-state index in [4.69, 9.17) is 21.2 Å². The lowest BCUT2D eigenvalue weighted by molar-refractivity contribution is 0.432. The zero-order valence-corrected chi connectivity index (χ0v) is 19.0. The minimum Gasteiger partial charge on any atom is -0.356 e. The third-order valence-electron chi connectivity index (χ3n) is 5.79. The molecule has 0 aliphatic carbocycles. The zero-order valence-electron chi connectivity index (χ0n) is 18.3. The highest BCUT2D eigenvalue weighted by molar-refractivity contribution is 6.30. The SMILES string of the molecule is Cc1nnc2n1-c1ccccc1C(c1ccc(Cl)cc1)=NN2Cc1ccc(-c2ccno2)cc1. The third-order valence-corrected chi connectivity index (χ3v) is 6.04. The van der Waals surface area contributed by atoms with Crippen LogP contribution in [0.5, 0.6) is 0 Å². The molecule has 166 valence electrons. The van der Waals surface area contributed by atoms with Crippen molar-refractivity contribution in [3.05, 3.63) is 113 Å².